The third kappa shape index (κ3) is 4.10. The highest BCUT2D eigenvalue weighted by molar-refractivity contribution is 6.03. The van der Waals surface area contributed by atoms with Crippen molar-refractivity contribution in [3.63, 3.8) is 0 Å². The van der Waals surface area contributed by atoms with Crippen molar-refractivity contribution in [2.24, 2.45) is 11.8 Å². The first kappa shape index (κ1) is 24.7. The van der Waals surface area contributed by atoms with Gasteiger partial charge in [0.05, 0.1) is 17.9 Å². The fraction of sp³-hybridized carbons (Fsp3) is 0.633. The second kappa shape index (κ2) is 9.57. The standard InChI is InChI=1S/C30H39N3O4/c1-18-13-14-21(17-19(18)2)32-27(34)24-23-15-16-30(37-23)25(24)29(36)33(22-11-7-4-8-12-22)26(30)28(35)31-20-9-5-3-6-10-20/h13-17,20,22-26H,3-12H2,1-2H3,(H,31,35)(H,32,34). The Kier molecular flexibility index (Phi) is 6.38. The van der Waals surface area contributed by atoms with E-state index < -0.39 is 29.6 Å². The number of likely N-dealkylation sites (tertiary alicyclic amines) is 1. The molecule has 3 heterocycles. The number of nitrogens with zero attached hydrogens (tertiary/aromatic N) is 1. The van der Waals surface area contributed by atoms with Gasteiger partial charge in [-0.15, -0.1) is 0 Å². The molecule has 3 aliphatic heterocycles. The van der Waals surface area contributed by atoms with Crippen LogP contribution >= 0.6 is 0 Å². The van der Waals surface area contributed by atoms with Crippen molar-refractivity contribution in [1.82, 2.24) is 10.2 Å². The molecule has 5 unspecified atom stereocenters. The molecule has 1 aromatic carbocycles. The van der Waals surface area contributed by atoms with Gasteiger partial charge in [-0.2, -0.15) is 0 Å². The molecule has 2 N–H and O–H groups in total. The Labute approximate surface area is 219 Å². The van der Waals surface area contributed by atoms with Gasteiger partial charge >= 0.3 is 0 Å². The van der Waals surface area contributed by atoms with E-state index in [1.165, 1.54) is 6.42 Å². The van der Waals surface area contributed by atoms with Crippen LogP contribution in [-0.4, -0.2) is 52.5 Å². The minimum Gasteiger partial charge on any atom is -0.359 e. The second-order valence-corrected chi connectivity index (χ2v) is 11.9. The monoisotopic (exact) mass is 505 g/mol. The van der Waals surface area contributed by atoms with Crippen molar-refractivity contribution < 1.29 is 19.1 Å². The molecule has 7 nitrogen and oxygen atoms in total. The summed E-state index contributed by atoms with van der Waals surface area (Å²) in [5, 5.41) is 6.34. The number of benzene rings is 1. The fourth-order valence-corrected chi connectivity index (χ4v) is 7.53. The van der Waals surface area contributed by atoms with Gasteiger partial charge in [0, 0.05) is 17.8 Å². The van der Waals surface area contributed by atoms with Crippen molar-refractivity contribution in [3.05, 3.63) is 41.5 Å². The Balaban J connectivity index is 1.31. The topological polar surface area (TPSA) is 87.7 Å². The van der Waals surface area contributed by atoms with E-state index in [4.69, 9.17) is 4.74 Å². The molecule has 2 aliphatic carbocycles. The van der Waals surface area contributed by atoms with E-state index in [9.17, 15) is 14.4 Å². The van der Waals surface area contributed by atoms with E-state index in [1.54, 1.807) is 0 Å². The zero-order chi connectivity index (χ0) is 25.7. The predicted octanol–water partition coefficient (Wildman–Crippen LogP) is 4.17. The summed E-state index contributed by atoms with van der Waals surface area (Å²) in [5.74, 6) is -1.76. The lowest BCUT2D eigenvalue weighted by molar-refractivity contribution is -0.144. The molecule has 4 fully saturated rings. The number of ether oxygens (including phenoxy) is 1. The highest BCUT2D eigenvalue weighted by Gasteiger charge is 2.73. The highest BCUT2D eigenvalue weighted by Crippen LogP contribution is 2.56. The molecular formula is C30H39N3O4. The number of anilines is 1. The van der Waals surface area contributed by atoms with Crippen LogP contribution in [0.1, 0.15) is 75.3 Å². The summed E-state index contributed by atoms with van der Waals surface area (Å²) >= 11 is 0. The maximum absolute atomic E-state index is 14.2. The first-order chi connectivity index (χ1) is 17.9. The van der Waals surface area contributed by atoms with E-state index in [-0.39, 0.29) is 29.8 Å². The predicted molar refractivity (Wildman–Crippen MR) is 141 cm³/mol. The molecule has 198 valence electrons. The van der Waals surface area contributed by atoms with Crippen molar-refractivity contribution in [2.45, 2.75) is 108 Å². The van der Waals surface area contributed by atoms with E-state index in [0.717, 1.165) is 74.6 Å². The van der Waals surface area contributed by atoms with E-state index in [2.05, 4.69) is 10.6 Å². The summed E-state index contributed by atoms with van der Waals surface area (Å²) in [5.41, 5.74) is 1.89. The Hall–Kier alpha value is -2.67. The molecule has 2 saturated carbocycles. The van der Waals surface area contributed by atoms with E-state index >= 15 is 0 Å². The summed E-state index contributed by atoms with van der Waals surface area (Å²) in [6.45, 7) is 4.05. The largest absolute Gasteiger partial charge is 0.359 e. The van der Waals surface area contributed by atoms with Crippen LogP contribution in [0.5, 0.6) is 0 Å². The number of carbonyl (C=O) groups is 3. The molecule has 2 saturated heterocycles. The summed E-state index contributed by atoms with van der Waals surface area (Å²) < 4.78 is 6.52. The number of aryl methyl sites for hydroxylation is 2. The normalized spacial score (nSPS) is 33.6. The lowest BCUT2D eigenvalue weighted by Gasteiger charge is -2.39. The Morgan fingerprint density at radius 2 is 1.65 bits per heavy atom. The van der Waals surface area contributed by atoms with Crippen LogP contribution in [0.15, 0.2) is 30.4 Å². The summed E-state index contributed by atoms with van der Waals surface area (Å²) in [6.07, 6.45) is 13.8. The van der Waals surface area contributed by atoms with Crippen LogP contribution in [0.3, 0.4) is 0 Å². The number of hydrogen-bond donors (Lipinski definition) is 2. The zero-order valence-corrected chi connectivity index (χ0v) is 22.0. The lowest BCUT2D eigenvalue weighted by atomic mass is 9.74. The molecule has 5 atom stereocenters. The van der Waals surface area contributed by atoms with Crippen molar-refractivity contribution in [2.75, 3.05) is 5.32 Å². The molecule has 6 rings (SSSR count). The second-order valence-electron chi connectivity index (χ2n) is 11.9. The quantitative estimate of drug-likeness (QED) is 0.588. The van der Waals surface area contributed by atoms with E-state index in [1.807, 2.05) is 49.1 Å². The van der Waals surface area contributed by atoms with Gasteiger partial charge in [0.25, 0.3) is 0 Å². The van der Waals surface area contributed by atoms with Gasteiger partial charge in [-0.25, -0.2) is 0 Å². The highest BCUT2D eigenvalue weighted by atomic mass is 16.5. The molecule has 2 bridgehead atoms. The first-order valence-corrected chi connectivity index (χ1v) is 14.3. The molecule has 0 radical (unpaired) electrons. The lowest BCUT2D eigenvalue weighted by Crippen LogP contribution is -2.58. The molecule has 5 aliphatic rings. The molecule has 37 heavy (non-hydrogen) atoms. The minimum atomic E-state index is -1.08. The molecule has 1 aromatic rings. The van der Waals surface area contributed by atoms with Crippen LogP contribution in [-0.2, 0) is 19.1 Å². The number of hydrogen-bond acceptors (Lipinski definition) is 4. The average molecular weight is 506 g/mol. The molecule has 1 spiro atoms. The number of amides is 3. The molecule has 3 amide bonds. The Bertz CT molecular complexity index is 1120. The van der Waals surface area contributed by atoms with Gasteiger partial charge in [0.1, 0.15) is 11.6 Å². The molecule has 7 heteroatoms. The molecule has 0 aromatic heterocycles. The van der Waals surface area contributed by atoms with Crippen LogP contribution in [0.2, 0.25) is 0 Å². The maximum Gasteiger partial charge on any atom is 0.246 e. The zero-order valence-electron chi connectivity index (χ0n) is 22.0. The van der Waals surface area contributed by atoms with Gasteiger partial charge < -0.3 is 20.3 Å². The van der Waals surface area contributed by atoms with Gasteiger partial charge in [-0.05, 0) is 62.8 Å². The Morgan fingerprint density at radius 3 is 2.35 bits per heavy atom. The Morgan fingerprint density at radius 1 is 0.946 bits per heavy atom. The number of rotatable bonds is 5. The first-order valence-electron chi connectivity index (χ1n) is 14.3. The minimum absolute atomic E-state index is 0.0165. The molecular weight excluding hydrogens is 466 g/mol. The van der Waals surface area contributed by atoms with Crippen molar-refractivity contribution in [1.29, 1.82) is 0 Å². The summed E-state index contributed by atoms with van der Waals surface area (Å²) in [7, 11) is 0. The van der Waals surface area contributed by atoms with Crippen molar-refractivity contribution >= 4 is 23.4 Å². The van der Waals surface area contributed by atoms with Gasteiger partial charge in [0.2, 0.25) is 17.7 Å². The number of fused-ring (bicyclic) bond motifs is 1. The van der Waals surface area contributed by atoms with Gasteiger partial charge in [0.15, 0.2) is 0 Å². The third-order valence-corrected chi connectivity index (χ3v) is 9.56. The number of nitrogens with one attached hydrogen (secondary N) is 2. The van der Waals surface area contributed by atoms with Crippen LogP contribution in [0.25, 0.3) is 0 Å². The van der Waals surface area contributed by atoms with Gasteiger partial charge in [-0.3, -0.25) is 14.4 Å². The number of carbonyl (C=O) groups excluding carboxylic acids is 3. The van der Waals surface area contributed by atoms with E-state index in [0.29, 0.717) is 0 Å². The van der Waals surface area contributed by atoms with Crippen molar-refractivity contribution in [3.8, 4) is 0 Å². The SMILES string of the molecule is Cc1ccc(NC(=O)C2C3C=CC4(O3)C2C(=O)N(C2CCCCC2)C4C(=O)NC2CCCCC2)cc1C. The van der Waals surface area contributed by atoms with Crippen LogP contribution in [0, 0.1) is 25.7 Å². The average Bonchev–Trinajstić information content (AvgIpc) is 3.54. The summed E-state index contributed by atoms with van der Waals surface area (Å²) in [4.78, 5) is 43.7. The smallest absolute Gasteiger partial charge is 0.246 e. The summed E-state index contributed by atoms with van der Waals surface area (Å²) in [6, 6.07) is 5.27. The van der Waals surface area contributed by atoms with Gasteiger partial charge in [-0.1, -0.05) is 56.7 Å². The van der Waals surface area contributed by atoms with Crippen LogP contribution < -0.4 is 10.6 Å². The fourth-order valence-electron chi connectivity index (χ4n) is 7.53. The third-order valence-electron chi connectivity index (χ3n) is 9.56. The van der Waals surface area contributed by atoms with Crippen LogP contribution in [0.4, 0.5) is 5.69 Å². The maximum atomic E-state index is 14.2.